The number of carboxylic acid groups (broad SMARTS) is 1. The van der Waals surface area contributed by atoms with Gasteiger partial charge in [0.2, 0.25) is 0 Å². The number of carbonyl (C=O) groups excluding carboxylic acids is 4. The van der Waals surface area contributed by atoms with Crippen molar-refractivity contribution in [2.75, 3.05) is 7.11 Å². The summed E-state index contributed by atoms with van der Waals surface area (Å²) in [5.41, 5.74) is 3.60. The van der Waals surface area contributed by atoms with Gasteiger partial charge in [-0.1, -0.05) is 19.9 Å². The Balaban J connectivity index is 0.00000332. The molecule has 1 unspecified atom stereocenters. The molecule has 1 aliphatic rings. The summed E-state index contributed by atoms with van der Waals surface area (Å²) >= 11 is 0. The highest BCUT2D eigenvalue weighted by atomic mass is 16.5. The number of ketones is 1. The lowest BCUT2D eigenvalue weighted by molar-refractivity contribution is -0.137. The van der Waals surface area contributed by atoms with Crippen LogP contribution in [0.4, 0.5) is 0 Å². The highest BCUT2D eigenvalue weighted by Gasteiger charge is 2.29. The van der Waals surface area contributed by atoms with E-state index in [1.807, 2.05) is 13.8 Å². The van der Waals surface area contributed by atoms with Crippen LogP contribution in [0.5, 0.6) is 23.0 Å². The summed E-state index contributed by atoms with van der Waals surface area (Å²) in [5.74, 6) is -4.44. The van der Waals surface area contributed by atoms with Gasteiger partial charge in [0.1, 0.15) is 40.2 Å². The molecule has 1 atom stereocenters. The van der Waals surface area contributed by atoms with Gasteiger partial charge in [-0.25, -0.2) is 14.4 Å². The van der Waals surface area contributed by atoms with Crippen LogP contribution in [0.2, 0.25) is 0 Å². The maximum atomic E-state index is 13.4. The summed E-state index contributed by atoms with van der Waals surface area (Å²) in [6, 6.07) is 4.15. The number of allylic oxidation sites excluding steroid dienone is 2. The van der Waals surface area contributed by atoms with Gasteiger partial charge in [0.05, 0.1) is 18.2 Å². The Kier molecular flexibility index (Phi) is 12.1. The Morgan fingerprint density at radius 1 is 0.700 bits per heavy atom. The van der Waals surface area contributed by atoms with Crippen LogP contribution in [-0.4, -0.2) is 47.0 Å². The molecular weight excluding hydrogens is 644 g/mol. The molecule has 0 amide bonds. The molecule has 0 saturated carbocycles. The molecular formula is C39H42O11. The number of carbonyl (C=O) groups is 5. The van der Waals surface area contributed by atoms with Gasteiger partial charge in [0.15, 0.2) is 5.78 Å². The number of ether oxygens (including phenoxy) is 4. The number of hydrogen-bond acceptors (Lipinski definition) is 10. The zero-order chi connectivity index (χ0) is 37.8. The molecule has 3 aromatic carbocycles. The van der Waals surface area contributed by atoms with E-state index in [0.29, 0.717) is 38.9 Å². The number of benzene rings is 3. The lowest BCUT2D eigenvalue weighted by atomic mass is 9.93. The average molecular weight is 687 g/mol. The Bertz CT molecular complexity index is 1950. The number of aromatic carboxylic acids is 1. The molecule has 0 bridgehead atoms. The molecule has 11 heteroatoms. The molecule has 3 aromatic rings. The summed E-state index contributed by atoms with van der Waals surface area (Å²) in [5, 5.41) is 20.6. The monoisotopic (exact) mass is 686 g/mol. The number of esters is 3. The molecule has 0 radical (unpaired) electrons. The number of hydrogen-bond donors (Lipinski definition) is 2. The molecule has 0 heterocycles. The van der Waals surface area contributed by atoms with Crippen molar-refractivity contribution in [3.05, 3.63) is 103 Å². The predicted octanol–water partition coefficient (Wildman–Crippen LogP) is 7.21. The molecule has 0 fully saturated rings. The first-order chi connectivity index (χ1) is 23.5. The topological polar surface area (TPSA) is 163 Å². The summed E-state index contributed by atoms with van der Waals surface area (Å²) < 4.78 is 22.2. The summed E-state index contributed by atoms with van der Waals surface area (Å²) in [7, 11) is 1.35. The predicted molar refractivity (Wildman–Crippen MR) is 185 cm³/mol. The SMILES string of the molecule is CC.COC1=CC(=O)C=CC1C(=O)Oc1c(C)cc(C(=O)Oc2ccc(C(=O)Oc3c(C)c(C)c(C(=O)O)c(C)c3C)c(O)c2C)c(C)c1C. The fraction of sp³-hybridized carbons (Fsp3) is 0.308. The fourth-order valence-electron chi connectivity index (χ4n) is 5.55. The van der Waals surface area contributed by atoms with Crippen LogP contribution in [0.3, 0.4) is 0 Å². The van der Waals surface area contributed by atoms with Gasteiger partial charge in [-0.3, -0.25) is 9.59 Å². The van der Waals surface area contributed by atoms with Crippen LogP contribution >= 0.6 is 0 Å². The van der Waals surface area contributed by atoms with E-state index in [9.17, 15) is 34.2 Å². The van der Waals surface area contributed by atoms with Crippen LogP contribution in [0.15, 0.2) is 42.2 Å². The smallest absolute Gasteiger partial charge is 0.347 e. The standard InChI is InChI=1S/C37H36O11.C2H6/c1-16-14-27(17(2)20(5)32(16)47-35(42)25-11-10-24(38)15-29(25)45-9)37(44)46-28-13-12-26(31(39)23(28)8)36(43)48-33-21(6)18(3)30(34(40)41)19(4)22(33)7;1-2/h10-15,25,39H,1-9H3,(H,40,41);1-2H3. The average Bonchev–Trinajstić information content (AvgIpc) is 3.08. The lowest BCUT2D eigenvalue weighted by Crippen LogP contribution is -2.25. The minimum Gasteiger partial charge on any atom is -0.507 e. The largest absolute Gasteiger partial charge is 0.507 e. The second kappa shape index (κ2) is 15.7. The quantitative estimate of drug-likeness (QED) is 0.182. The van der Waals surface area contributed by atoms with Crippen molar-refractivity contribution < 1.29 is 53.1 Å². The zero-order valence-corrected chi connectivity index (χ0v) is 30.1. The van der Waals surface area contributed by atoms with Crippen LogP contribution in [0, 0.1) is 61.3 Å². The van der Waals surface area contributed by atoms with Gasteiger partial charge in [0, 0.05) is 11.6 Å². The zero-order valence-electron chi connectivity index (χ0n) is 30.1. The van der Waals surface area contributed by atoms with Crippen molar-refractivity contribution in [2.45, 2.75) is 69.2 Å². The molecule has 0 aliphatic heterocycles. The van der Waals surface area contributed by atoms with Crippen LogP contribution < -0.4 is 14.2 Å². The van der Waals surface area contributed by atoms with Gasteiger partial charge in [-0.2, -0.15) is 0 Å². The molecule has 0 aromatic heterocycles. The highest BCUT2D eigenvalue weighted by Crippen LogP contribution is 2.37. The minimum atomic E-state index is -1.09. The third kappa shape index (κ3) is 7.46. The molecule has 4 rings (SSSR count). The van der Waals surface area contributed by atoms with E-state index in [-0.39, 0.29) is 51.0 Å². The van der Waals surface area contributed by atoms with Crippen molar-refractivity contribution in [2.24, 2.45) is 5.92 Å². The van der Waals surface area contributed by atoms with E-state index < -0.39 is 35.5 Å². The van der Waals surface area contributed by atoms with E-state index in [0.717, 1.165) is 0 Å². The van der Waals surface area contributed by atoms with Gasteiger partial charge in [-0.15, -0.1) is 0 Å². The van der Waals surface area contributed by atoms with Crippen molar-refractivity contribution in [1.82, 2.24) is 0 Å². The number of rotatable bonds is 8. The number of methoxy groups -OCH3 is 1. The Morgan fingerprint density at radius 2 is 1.26 bits per heavy atom. The van der Waals surface area contributed by atoms with Gasteiger partial charge >= 0.3 is 23.9 Å². The molecule has 11 nitrogen and oxygen atoms in total. The number of carboxylic acids is 1. The van der Waals surface area contributed by atoms with E-state index in [4.69, 9.17) is 18.9 Å². The molecule has 0 spiro atoms. The van der Waals surface area contributed by atoms with Crippen LogP contribution in [-0.2, 0) is 14.3 Å². The van der Waals surface area contributed by atoms with Gasteiger partial charge in [-0.05, 0) is 119 Å². The highest BCUT2D eigenvalue weighted by molar-refractivity contribution is 6.02. The normalized spacial score (nSPS) is 13.5. The molecule has 0 saturated heterocycles. The van der Waals surface area contributed by atoms with Gasteiger partial charge < -0.3 is 29.2 Å². The first kappa shape index (κ1) is 38.7. The third-order valence-electron chi connectivity index (χ3n) is 8.75. The van der Waals surface area contributed by atoms with Crippen LogP contribution in [0.25, 0.3) is 0 Å². The van der Waals surface area contributed by atoms with Crippen molar-refractivity contribution in [3.63, 3.8) is 0 Å². The van der Waals surface area contributed by atoms with Crippen molar-refractivity contribution in [3.8, 4) is 23.0 Å². The fourth-order valence-corrected chi connectivity index (χ4v) is 5.55. The Labute approximate surface area is 291 Å². The second-order valence-corrected chi connectivity index (χ2v) is 11.6. The maximum Gasteiger partial charge on any atom is 0.347 e. The summed E-state index contributed by atoms with van der Waals surface area (Å²) in [6.45, 7) is 17.1. The molecule has 2 N–H and O–H groups in total. The lowest BCUT2D eigenvalue weighted by Gasteiger charge is -2.20. The molecule has 50 heavy (non-hydrogen) atoms. The number of phenolic OH excluding ortho intramolecular Hbond substituents is 1. The summed E-state index contributed by atoms with van der Waals surface area (Å²) in [4.78, 5) is 63.0. The van der Waals surface area contributed by atoms with Crippen LogP contribution in [0.1, 0.15) is 89.4 Å². The Morgan fingerprint density at radius 3 is 1.82 bits per heavy atom. The van der Waals surface area contributed by atoms with E-state index >= 15 is 0 Å². The first-order valence-electron chi connectivity index (χ1n) is 15.9. The van der Waals surface area contributed by atoms with Gasteiger partial charge in [0.25, 0.3) is 0 Å². The number of aromatic hydroxyl groups is 1. The maximum absolute atomic E-state index is 13.4. The van der Waals surface area contributed by atoms with E-state index in [1.54, 1.807) is 48.5 Å². The minimum absolute atomic E-state index is 0.00152. The van der Waals surface area contributed by atoms with E-state index in [2.05, 4.69) is 0 Å². The number of aryl methyl sites for hydroxylation is 1. The summed E-state index contributed by atoms with van der Waals surface area (Å²) in [6.07, 6.45) is 3.88. The first-order valence-corrected chi connectivity index (χ1v) is 15.9. The van der Waals surface area contributed by atoms with Crippen molar-refractivity contribution >= 4 is 29.7 Å². The Hall–Kier alpha value is -5.71. The molecule has 1 aliphatic carbocycles. The third-order valence-corrected chi connectivity index (χ3v) is 8.75. The van der Waals surface area contributed by atoms with Crippen molar-refractivity contribution in [1.29, 1.82) is 0 Å². The molecule has 264 valence electrons. The van der Waals surface area contributed by atoms with E-state index in [1.165, 1.54) is 50.5 Å². The number of phenols is 1. The second-order valence-electron chi connectivity index (χ2n) is 11.6.